The van der Waals surface area contributed by atoms with Gasteiger partial charge in [0, 0.05) is 5.41 Å². The summed E-state index contributed by atoms with van der Waals surface area (Å²) >= 11 is 3.25. The lowest BCUT2D eigenvalue weighted by atomic mass is 9.55. The van der Waals surface area contributed by atoms with Crippen molar-refractivity contribution >= 4 is 30.2 Å². The van der Waals surface area contributed by atoms with Crippen molar-refractivity contribution in [3.05, 3.63) is 29.3 Å². The highest BCUT2D eigenvalue weighted by Gasteiger charge is 2.56. The van der Waals surface area contributed by atoms with E-state index in [2.05, 4.69) is 74.9 Å². The third-order valence-corrected chi connectivity index (χ3v) is 14.0. The smallest absolute Gasteiger partial charge is 0.316 e. The van der Waals surface area contributed by atoms with Gasteiger partial charge >= 0.3 is 5.97 Å². The number of rotatable bonds is 4. The SMILES string of the molecule is CC(C)(C)[Si](C)(C)Oc1ccc2c(c1)CCC1C2CC[C@@]2(C)C1CC[C@@H]2OC(=O)CBr. The second kappa shape index (κ2) is 8.20. The normalized spacial score (nSPS) is 32.6. The van der Waals surface area contributed by atoms with E-state index in [0.29, 0.717) is 23.1 Å². The molecule has 5 heteroatoms. The van der Waals surface area contributed by atoms with Gasteiger partial charge in [0.25, 0.3) is 0 Å². The van der Waals surface area contributed by atoms with E-state index in [4.69, 9.17) is 9.16 Å². The highest BCUT2D eigenvalue weighted by Crippen LogP contribution is 2.61. The van der Waals surface area contributed by atoms with Crippen molar-refractivity contribution in [2.45, 2.75) is 96.4 Å². The zero-order valence-electron chi connectivity index (χ0n) is 20.1. The summed E-state index contributed by atoms with van der Waals surface area (Å²) < 4.78 is 12.5. The predicted octanol–water partition coefficient (Wildman–Crippen LogP) is 7.23. The van der Waals surface area contributed by atoms with Gasteiger partial charge in [-0.15, -0.1) is 0 Å². The van der Waals surface area contributed by atoms with E-state index >= 15 is 0 Å². The Labute approximate surface area is 197 Å². The van der Waals surface area contributed by atoms with Crippen LogP contribution < -0.4 is 4.43 Å². The zero-order chi connectivity index (χ0) is 22.6. The van der Waals surface area contributed by atoms with Gasteiger partial charge in [-0.1, -0.05) is 49.7 Å². The highest BCUT2D eigenvalue weighted by molar-refractivity contribution is 9.09. The van der Waals surface area contributed by atoms with Crippen LogP contribution in [0, 0.1) is 17.3 Å². The number of aryl methyl sites for hydroxylation is 1. The van der Waals surface area contributed by atoms with Crippen molar-refractivity contribution < 1.29 is 14.0 Å². The number of hydrogen-bond acceptors (Lipinski definition) is 3. The number of fused-ring (bicyclic) bond motifs is 5. The second-order valence-electron chi connectivity index (χ2n) is 11.9. The first-order valence-corrected chi connectivity index (χ1v) is 16.1. The molecule has 1 aromatic carbocycles. The van der Waals surface area contributed by atoms with Crippen LogP contribution in [0.3, 0.4) is 0 Å². The molecule has 0 spiro atoms. The third kappa shape index (κ3) is 4.14. The van der Waals surface area contributed by atoms with Crippen LogP contribution in [0.1, 0.15) is 76.8 Å². The van der Waals surface area contributed by atoms with E-state index in [1.54, 1.807) is 5.56 Å². The summed E-state index contributed by atoms with van der Waals surface area (Å²) in [7, 11) is -1.82. The summed E-state index contributed by atoms with van der Waals surface area (Å²) in [4.78, 5) is 11.9. The Bertz CT molecular complexity index is 846. The van der Waals surface area contributed by atoms with Crippen molar-refractivity contribution in [1.29, 1.82) is 0 Å². The fourth-order valence-electron chi connectivity index (χ4n) is 6.41. The molecule has 2 saturated carbocycles. The molecule has 3 aliphatic rings. The van der Waals surface area contributed by atoms with Crippen molar-refractivity contribution in [1.82, 2.24) is 0 Å². The molecule has 0 radical (unpaired) electrons. The number of alkyl halides is 1. The molecule has 2 fully saturated rings. The van der Waals surface area contributed by atoms with Gasteiger partial charge in [0.2, 0.25) is 8.32 Å². The number of ether oxygens (including phenoxy) is 1. The molecule has 0 aromatic heterocycles. The maximum atomic E-state index is 11.9. The first kappa shape index (κ1) is 23.3. The minimum absolute atomic E-state index is 0.0882. The number of halogens is 1. The molecule has 3 unspecified atom stereocenters. The maximum Gasteiger partial charge on any atom is 0.316 e. The number of carbonyl (C=O) groups excluding carboxylic acids is 1. The fraction of sp³-hybridized carbons (Fsp3) is 0.731. The second-order valence-corrected chi connectivity index (χ2v) is 17.2. The summed E-state index contributed by atoms with van der Waals surface area (Å²) in [5.41, 5.74) is 3.20. The van der Waals surface area contributed by atoms with Gasteiger partial charge in [0.15, 0.2) is 0 Å². The Hall–Kier alpha value is -0.813. The molecule has 5 atom stereocenters. The van der Waals surface area contributed by atoms with Crippen LogP contribution >= 0.6 is 15.9 Å². The van der Waals surface area contributed by atoms with Crippen LogP contribution in [-0.2, 0) is 16.0 Å². The minimum atomic E-state index is -1.82. The standard InChI is InChI=1S/C26H39BrO3Si/c1-25(2,3)31(5,6)30-18-8-10-19-17(15-18)7-9-21-20(19)13-14-26(4)22(21)11-12-23(26)29-24(28)16-27/h8,10,15,20-23H,7,9,11-14,16H2,1-6H3/t20?,21?,22?,23-,26-/m0/s1. The Balaban J connectivity index is 1.53. The Morgan fingerprint density at radius 2 is 1.94 bits per heavy atom. The van der Waals surface area contributed by atoms with Crippen LogP contribution in [-0.4, -0.2) is 25.7 Å². The van der Waals surface area contributed by atoms with E-state index in [9.17, 15) is 4.79 Å². The average molecular weight is 508 g/mol. The number of esters is 1. The van der Waals surface area contributed by atoms with Crippen molar-refractivity contribution in [3.63, 3.8) is 0 Å². The molecule has 0 bridgehead atoms. The van der Waals surface area contributed by atoms with Gasteiger partial charge in [0.05, 0.1) is 0 Å². The minimum Gasteiger partial charge on any atom is -0.543 e. The van der Waals surface area contributed by atoms with Gasteiger partial charge in [-0.2, -0.15) is 0 Å². The Morgan fingerprint density at radius 1 is 1.19 bits per heavy atom. The van der Waals surface area contributed by atoms with Crippen LogP contribution in [0.2, 0.25) is 18.1 Å². The molecule has 172 valence electrons. The molecule has 0 N–H and O–H groups in total. The zero-order valence-corrected chi connectivity index (χ0v) is 22.7. The molecular formula is C26H39BrO3Si. The summed E-state index contributed by atoms with van der Waals surface area (Å²) in [5, 5.41) is 0.502. The first-order chi connectivity index (χ1) is 14.5. The van der Waals surface area contributed by atoms with Crippen LogP contribution in [0.15, 0.2) is 18.2 Å². The van der Waals surface area contributed by atoms with Crippen molar-refractivity contribution in [2.75, 3.05) is 5.33 Å². The number of benzene rings is 1. The van der Waals surface area contributed by atoms with E-state index < -0.39 is 8.32 Å². The lowest BCUT2D eigenvalue weighted by Crippen LogP contribution is -2.45. The van der Waals surface area contributed by atoms with Crippen LogP contribution in [0.4, 0.5) is 0 Å². The van der Waals surface area contributed by atoms with Gasteiger partial charge < -0.3 is 9.16 Å². The topological polar surface area (TPSA) is 35.5 Å². The summed E-state index contributed by atoms with van der Waals surface area (Å²) in [6.45, 7) is 13.9. The Morgan fingerprint density at radius 3 is 2.61 bits per heavy atom. The van der Waals surface area contributed by atoms with Gasteiger partial charge in [-0.05, 0) is 97.7 Å². The fourth-order valence-corrected chi connectivity index (χ4v) is 7.56. The maximum absolute atomic E-state index is 11.9. The first-order valence-electron chi connectivity index (χ1n) is 12.0. The van der Waals surface area contributed by atoms with Crippen molar-refractivity contribution in [2.24, 2.45) is 17.3 Å². The van der Waals surface area contributed by atoms with Crippen molar-refractivity contribution in [3.8, 4) is 5.75 Å². The molecule has 0 aliphatic heterocycles. The third-order valence-electron chi connectivity index (χ3n) is 9.17. The van der Waals surface area contributed by atoms with Gasteiger partial charge in [-0.25, -0.2) is 0 Å². The van der Waals surface area contributed by atoms with E-state index in [1.807, 2.05) is 0 Å². The molecule has 0 saturated heterocycles. The molecule has 3 aliphatic carbocycles. The summed E-state index contributed by atoms with van der Waals surface area (Å²) in [5.74, 6) is 2.97. The van der Waals surface area contributed by atoms with E-state index in [-0.39, 0.29) is 22.5 Å². The average Bonchev–Trinajstić information content (AvgIpc) is 3.02. The van der Waals surface area contributed by atoms with E-state index in [1.165, 1.54) is 24.8 Å². The largest absolute Gasteiger partial charge is 0.543 e. The lowest BCUT2D eigenvalue weighted by Gasteiger charge is -2.50. The lowest BCUT2D eigenvalue weighted by molar-refractivity contribution is -0.154. The quantitative estimate of drug-likeness (QED) is 0.245. The summed E-state index contributed by atoms with van der Waals surface area (Å²) in [6, 6.07) is 6.94. The predicted molar refractivity (Wildman–Crippen MR) is 133 cm³/mol. The molecule has 31 heavy (non-hydrogen) atoms. The van der Waals surface area contributed by atoms with Gasteiger partial charge in [-0.3, -0.25) is 4.79 Å². The number of carbonyl (C=O) groups is 1. The summed E-state index contributed by atoms with van der Waals surface area (Å²) in [6.07, 6.45) is 7.06. The molecule has 0 heterocycles. The molecular weight excluding hydrogens is 468 g/mol. The van der Waals surface area contributed by atoms with E-state index in [0.717, 1.165) is 25.0 Å². The molecule has 3 nitrogen and oxygen atoms in total. The van der Waals surface area contributed by atoms with Crippen LogP contribution in [0.25, 0.3) is 0 Å². The molecule has 4 rings (SSSR count). The van der Waals surface area contributed by atoms with Crippen LogP contribution in [0.5, 0.6) is 5.75 Å². The highest BCUT2D eigenvalue weighted by atomic mass is 79.9. The van der Waals surface area contributed by atoms with Gasteiger partial charge in [0.1, 0.15) is 17.2 Å². The number of hydrogen-bond donors (Lipinski definition) is 0. The Kier molecular flexibility index (Phi) is 6.17. The molecule has 1 aromatic rings. The molecule has 0 amide bonds. The monoisotopic (exact) mass is 506 g/mol.